The summed E-state index contributed by atoms with van der Waals surface area (Å²) in [5.74, 6) is -0.847. The van der Waals surface area contributed by atoms with Crippen molar-refractivity contribution in [1.82, 2.24) is 14.7 Å². The highest BCUT2D eigenvalue weighted by Gasteiger charge is 2.31. The van der Waals surface area contributed by atoms with Gasteiger partial charge in [0.25, 0.3) is 5.91 Å². The number of halogens is 4. The Labute approximate surface area is 206 Å². The predicted molar refractivity (Wildman–Crippen MR) is 129 cm³/mol. The summed E-state index contributed by atoms with van der Waals surface area (Å²) in [6.07, 6.45) is -4.58. The van der Waals surface area contributed by atoms with Gasteiger partial charge in [-0.05, 0) is 37.3 Å². The maximum atomic E-state index is 13.1. The van der Waals surface area contributed by atoms with Crippen LogP contribution in [0.5, 0.6) is 0 Å². The van der Waals surface area contributed by atoms with Gasteiger partial charge in [-0.15, -0.1) is 0 Å². The third kappa shape index (κ3) is 6.22. The lowest BCUT2D eigenvalue weighted by Crippen LogP contribution is -2.38. The number of aromatic nitrogens is 2. The Bertz CT molecular complexity index is 1230. The van der Waals surface area contributed by atoms with Gasteiger partial charge in [0.1, 0.15) is 12.4 Å². The number of nitrogens with one attached hydrogen (secondary N) is 1. The SMILES string of the molecule is CCN(CC(=O)Nc1cc(C(C)(C)C)nn1-c1ccccc1Cl)C(=O)c1cccc(C(F)(F)F)c1. The largest absolute Gasteiger partial charge is 0.416 e. The fraction of sp³-hybridized carbons (Fsp3) is 0.320. The molecule has 6 nitrogen and oxygen atoms in total. The monoisotopic (exact) mass is 506 g/mol. The molecule has 0 aliphatic carbocycles. The summed E-state index contributed by atoms with van der Waals surface area (Å²) in [5, 5.41) is 7.81. The van der Waals surface area contributed by atoms with Crippen LogP contribution in [-0.4, -0.2) is 39.6 Å². The summed E-state index contributed by atoms with van der Waals surface area (Å²) < 4.78 is 40.7. The standard InChI is InChI=1S/C25H26ClF3N4O2/c1-5-32(23(35)16-9-8-10-17(13-16)25(27,28)29)15-22(34)30-21-14-20(24(2,3)4)31-33(21)19-12-7-6-11-18(19)26/h6-14H,5,15H2,1-4H3,(H,30,34). The van der Waals surface area contributed by atoms with Crippen molar-refractivity contribution in [3.05, 3.63) is 76.4 Å². The van der Waals surface area contributed by atoms with Gasteiger partial charge in [0.2, 0.25) is 5.91 Å². The molecule has 0 atom stereocenters. The van der Waals surface area contributed by atoms with Crippen LogP contribution in [0.2, 0.25) is 5.02 Å². The van der Waals surface area contributed by atoms with Crippen LogP contribution in [0, 0.1) is 0 Å². The van der Waals surface area contributed by atoms with Crippen LogP contribution in [0.25, 0.3) is 5.69 Å². The van der Waals surface area contributed by atoms with E-state index in [0.29, 0.717) is 22.2 Å². The Kier molecular flexibility index (Phi) is 7.59. The summed E-state index contributed by atoms with van der Waals surface area (Å²) in [4.78, 5) is 26.9. The molecule has 0 radical (unpaired) electrons. The number of amides is 2. The minimum atomic E-state index is -4.58. The molecule has 3 rings (SSSR count). The van der Waals surface area contributed by atoms with Gasteiger partial charge in [0.15, 0.2) is 0 Å². The molecule has 1 N–H and O–H groups in total. The second-order valence-corrected chi connectivity index (χ2v) is 9.38. The van der Waals surface area contributed by atoms with E-state index >= 15 is 0 Å². The summed E-state index contributed by atoms with van der Waals surface area (Å²) >= 11 is 6.35. The summed E-state index contributed by atoms with van der Waals surface area (Å²) in [5.41, 5.74) is -0.124. The van der Waals surface area contributed by atoms with Crippen molar-refractivity contribution in [3.63, 3.8) is 0 Å². The van der Waals surface area contributed by atoms with Crippen molar-refractivity contribution in [2.75, 3.05) is 18.4 Å². The molecule has 1 heterocycles. The average Bonchev–Trinajstić information content (AvgIpc) is 3.20. The van der Waals surface area contributed by atoms with Crippen LogP contribution >= 0.6 is 11.6 Å². The number of alkyl halides is 3. The number of para-hydroxylation sites is 1. The van der Waals surface area contributed by atoms with E-state index in [9.17, 15) is 22.8 Å². The van der Waals surface area contributed by atoms with Crippen molar-refractivity contribution < 1.29 is 22.8 Å². The molecule has 35 heavy (non-hydrogen) atoms. The van der Waals surface area contributed by atoms with E-state index in [1.807, 2.05) is 20.8 Å². The van der Waals surface area contributed by atoms with E-state index in [2.05, 4.69) is 10.4 Å². The van der Waals surface area contributed by atoms with Crippen molar-refractivity contribution in [2.24, 2.45) is 0 Å². The van der Waals surface area contributed by atoms with Crippen molar-refractivity contribution in [1.29, 1.82) is 0 Å². The first-order chi connectivity index (χ1) is 16.3. The number of hydrogen-bond donors (Lipinski definition) is 1. The molecule has 10 heteroatoms. The number of nitrogens with zero attached hydrogens (tertiary/aromatic N) is 3. The summed E-state index contributed by atoms with van der Waals surface area (Å²) in [7, 11) is 0. The number of carbonyl (C=O) groups is 2. The number of benzene rings is 2. The lowest BCUT2D eigenvalue weighted by atomic mass is 9.92. The van der Waals surface area contributed by atoms with Gasteiger partial charge < -0.3 is 10.2 Å². The van der Waals surface area contributed by atoms with E-state index in [0.717, 1.165) is 12.1 Å². The molecular formula is C25H26ClF3N4O2. The first-order valence-corrected chi connectivity index (χ1v) is 11.3. The fourth-order valence-electron chi connectivity index (χ4n) is 3.34. The average molecular weight is 507 g/mol. The predicted octanol–water partition coefficient (Wildman–Crippen LogP) is 5.94. The maximum Gasteiger partial charge on any atom is 0.416 e. The Morgan fingerprint density at radius 1 is 1.06 bits per heavy atom. The van der Waals surface area contributed by atoms with Crippen LogP contribution in [0.4, 0.5) is 19.0 Å². The van der Waals surface area contributed by atoms with Gasteiger partial charge in [-0.25, -0.2) is 4.68 Å². The first kappa shape index (κ1) is 26.3. The maximum absolute atomic E-state index is 13.1. The topological polar surface area (TPSA) is 67.2 Å². The van der Waals surface area contributed by atoms with E-state index in [1.165, 1.54) is 21.7 Å². The van der Waals surface area contributed by atoms with Gasteiger partial charge in [-0.3, -0.25) is 9.59 Å². The summed E-state index contributed by atoms with van der Waals surface area (Å²) in [6.45, 7) is 7.34. The third-order valence-electron chi connectivity index (χ3n) is 5.27. The Hall–Kier alpha value is -3.33. The molecule has 0 saturated heterocycles. The second kappa shape index (κ2) is 10.1. The van der Waals surface area contributed by atoms with Crippen LogP contribution in [0.1, 0.15) is 49.3 Å². The van der Waals surface area contributed by atoms with Gasteiger partial charge in [0, 0.05) is 23.6 Å². The Balaban J connectivity index is 1.85. The van der Waals surface area contributed by atoms with E-state index in [-0.39, 0.29) is 24.1 Å². The van der Waals surface area contributed by atoms with Crippen molar-refractivity contribution in [2.45, 2.75) is 39.3 Å². The quantitative estimate of drug-likeness (QED) is 0.449. The number of likely N-dealkylation sites (N-methyl/N-ethyl adjacent to an activating group) is 1. The lowest BCUT2D eigenvalue weighted by Gasteiger charge is -2.21. The second-order valence-electron chi connectivity index (χ2n) is 8.97. The fourth-order valence-corrected chi connectivity index (χ4v) is 3.55. The molecule has 2 aromatic carbocycles. The zero-order chi connectivity index (χ0) is 26.0. The van der Waals surface area contributed by atoms with Crippen LogP contribution in [0.15, 0.2) is 54.6 Å². The molecule has 0 aliphatic heterocycles. The molecule has 0 unspecified atom stereocenters. The molecule has 0 saturated carbocycles. The highest BCUT2D eigenvalue weighted by Crippen LogP contribution is 2.30. The van der Waals surface area contributed by atoms with Crippen LogP contribution < -0.4 is 5.32 Å². The first-order valence-electron chi connectivity index (χ1n) is 10.9. The van der Waals surface area contributed by atoms with Crippen molar-refractivity contribution in [3.8, 4) is 5.69 Å². The van der Waals surface area contributed by atoms with Gasteiger partial charge >= 0.3 is 6.18 Å². The molecular weight excluding hydrogens is 481 g/mol. The lowest BCUT2D eigenvalue weighted by molar-refractivity contribution is -0.137. The van der Waals surface area contributed by atoms with E-state index in [1.54, 1.807) is 37.3 Å². The zero-order valence-electron chi connectivity index (χ0n) is 19.8. The minimum absolute atomic E-state index is 0.125. The normalized spacial score (nSPS) is 11.9. The highest BCUT2D eigenvalue weighted by molar-refractivity contribution is 6.32. The van der Waals surface area contributed by atoms with Crippen LogP contribution in [-0.2, 0) is 16.4 Å². The molecule has 3 aromatic rings. The molecule has 1 aromatic heterocycles. The molecule has 0 spiro atoms. The number of rotatable bonds is 6. The molecule has 2 amide bonds. The van der Waals surface area contributed by atoms with Gasteiger partial charge in [0.05, 0.1) is 22.0 Å². The van der Waals surface area contributed by atoms with Crippen LogP contribution in [0.3, 0.4) is 0 Å². The zero-order valence-corrected chi connectivity index (χ0v) is 20.5. The van der Waals surface area contributed by atoms with E-state index in [4.69, 9.17) is 11.6 Å². The molecule has 0 bridgehead atoms. The Morgan fingerprint density at radius 2 is 1.74 bits per heavy atom. The smallest absolute Gasteiger partial charge is 0.330 e. The van der Waals surface area contributed by atoms with Crippen molar-refractivity contribution >= 4 is 29.2 Å². The van der Waals surface area contributed by atoms with E-state index < -0.39 is 23.6 Å². The number of anilines is 1. The van der Waals surface area contributed by atoms with Gasteiger partial charge in [-0.1, -0.05) is 50.6 Å². The third-order valence-corrected chi connectivity index (χ3v) is 5.59. The molecule has 186 valence electrons. The summed E-state index contributed by atoms with van der Waals surface area (Å²) in [6, 6.07) is 12.9. The highest BCUT2D eigenvalue weighted by atomic mass is 35.5. The molecule has 0 aliphatic rings. The molecule has 0 fully saturated rings. The number of hydrogen-bond acceptors (Lipinski definition) is 3. The van der Waals surface area contributed by atoms with Gasteiger partial charge in [-0.2, -0.15) is 18.3 Å². The number of carbonyl (C=O) groups excluding carboxylic acids is 2. The minimum Gasteiger partial charge on any atom is -0.330 e. The Morgan fingerprint density at radius 3 is 2.34 bits per heavy atom.